The Bertz CT molecular complexity index is 367. The van der Waals surface area contributed by atoms with Gasteiger partial charge in [-0.15, -0.1) is 0 Å². The second-order valence-electron chi connectivity index (χ2n) is 4.78. The minimum atomic E-state index is 0.388. The number of thioether (sulfide) groups is 1. The van der Waals surface area contributed by atoms with Crippen molar-refractivity contribution in [3.63, 3.8) is 0 Å². The highest BCUT2D eigenvalue weighted by Gasteiger charge is 2.25. The van der Waals surface area contributed by atoms with Crippen LogP contribution in [0.4, 0.5) is 0 Å². The van der Waals surface area contributed by atoms with Gasteiger partial charge in [-0.05, 0) is 18.1 Å². The van der Waals surface area contributed by atoms with Crippen molar-refractivity contribution in [2.45, 2.75) is 25.1 Å². The minimum Gasteiger partial charge on any atom is -0.329 e. The number of benzene rings is 1. The third-order valence-electron chi connectivity index (χ3n) is 3.48. The largest absolute Gasteiger partial charge is 0.329 e. The second kappa shape index (κ2) is 5.89. The maximum atomic E-state index is 6.00. The summed E-state index contributed by atoms with van der Waals surface area (Å²) < 4.78 is 0. The zero-order chi connectivity index (χ0) is 12.3. The van der Waals surface area contributed by atoms with Crippen LogP contribution in [0.1, 0.15) is 24.1 Å². The van der Waals surface area contributed by atoms with Gasteiger partial charge >= 0.3 is 0 Å². The Balaban J connectivity index is 2.18. The van der Waals surface area contributed by atoms with Crippen LogP contribution in [0.3, 0.4) is 0 Å². The van der Waals surface area contributed by atoms with E-state index in [4.69, 9.17) is 5.73 Å². The molecule has 2 unspecified atom stereocenters. The van der Waals surface area contributed by atoms with Gasteiger partial charge in [0.05, 0.1) is 0 Å². The van der Waals surface area contributed by atoms with Gasteiger partial charge in [0.1, 0.15) is 0 Å². The molecular weight excluding hydrogens is 228 g/mol. The SMILES string of the molecule is Cc1ccccc1C(CN)N1CCSC(C)C1. The van der Waals surface area contributed by atoms with Gasteiger partial charge in [-0.3, -0.25) is 4.90 Å². The monoisotopic (exact) mass is 250 g/mol. The van der Waals surface area contributed by atoms with Crippen LogP contribution in [-0.2, 0) is 0 Å². The zero-order valence-electron chi connectivity index (χ0n) is 10.7. The molecule has 0 aliphatic carbocycles. The molecule has 94 valence electrons. The molecule has 1 aliphatic heterocycles. The third kappa shape index (κ3) is 3.03. The first kappa shape index (κ1) is 12.9. The van der Waals surface area contributed by atoms with Crippen LogP contribution in [0, 0.1) is 6.92 Å². The molecule has 1 saturated heterocycles. The molecule has 2 N–H and O–H groups in total. The van der Waals surface area contributed by atoms with Crippen molar-refractivity contribution >= 4 is 11.8 Å². The molecule has 3 heteroatoms. The highest BCUT2D eigenvalue weighted by molar-refractivity contribution is 7.99. The standard InChI is InChI=1S/C14H22N2S/c1-11-5-3-4-6-13(11)14(9-15)16-7-8-17-12(2)10-16/h3-6,12,14H,7-10,15H2,1-2H3. The van der Waals surface area contributed by atoms with Crippen LogP contribution in [0.15, 0.2) is 24.3 Å². The smallest absolute Gasteiger partial charge is 0.0473 e. The number of aryl methyl sites for hydroxylation is 1. The van der Waals surface area contributed by atoms with Gasteiger partial charge in [0, 0.05) is 36.7 Å². The number of rotatable bonds is 3. The average molecular weight is 250 g/mol. The number of hydrogen-bond donors (Lipinski definition) is 1. The molecule has 17 heavy (non-hydrogen) atoms. The van der Waals surface area contributed by atoms with E-state index in [-0.39, 0.29) is 0 Å². The fourth-order valence-corrected chi connectivity index (χ4v) is 3.60. The fraction of sp³-hybridized carbons (Fsp3) is 0.571. The topological polar surface area (TPSA) is 29.3 Å². The molecule has 0 aromatic heterocycles. The van der Waals surface area contributed by atoms with E-state index in [1.54, 1.807) is 0 Å². The van der Waals surface area contributed by atoms with Crippen LogP contribution in [0.5, 0.6) is 0 Å². The molecule has 0 amide bonds. The van der Waals surface area contributed by atoms with E-state index in [0.29, 0.717) is 12.6 Å². The van der Waals surface area contributed by atoms with E-state index in [0.717, 1.165) is 18.3 Å². The summed E-state index contributed by atoms with van der Waals surface area (Å²) in [5.74, 6) is 1.23. The van der Waals surface area contributed by atoms with E-state index in [2.05, 4.69) is 54.8 Å². The predicted octanol–water partition coefficient (Wildman–Crippen LogP) is 2.43. The summed E-state index contributed by atoms with van der Waals surface area (Å²) in [6.45, 7) is 7.51. The van der Waals surface area contributed by atoms with Crippen molar-refractivity contribution in [3.05, 3.63) is 35.4 Å². The second-order valence-corrected chi connectivity index (χ2v) is 6.33. The van der Waals surface area contributed by atoms with Crippen molar-refractivity contribution in [3.8, 4) is 0 Å². The highest BCUT2D eigenvalue weighted by atomic mass is 32.2. The Morgan fingerprint density at radius 2 is 2.24 bits per heavy atom. The van der Waals surface area contributed by atoms with Crippen LogP contribution >= 0.6 is 11.8 Å². The van der Waals surface area contributed by atoms with E-state index >= 15 is 0 Å². The normalized spacial score (nSPS) is 23.6. The lowest BCUT2D eigenvalue weighted by atomic mass is 9.99. The Morgan fingerprint density at radius 3 is 2.88 bits per heavy atom. The Labute approximate surface area is 109 Å². The minimum absolute atomic E-state index is 0.388. The summed E-state index contributed by atoms with van der Waals surface area (Å²) in [5, 5.41) is 0.724. The van der Waals surface area contributed by atoms with Crippen molar-refractivity contribution in [2.75, 3.05) is 25.4 Å². The van der Waals surface area contributed by atoms with Gasteiger partial charge < -0.3 is 5.73 Å². The van der Waals surface area contributed by atoms with E-state index in [1.807, 2.05) is 0 Å². The summed E-state index contributed by atoms with van der Waals surface area (Å²) in [6, 6.07) is 9.01. The van der Waals surface area contributed by atoms with Gasteiger partial charge in [-0.2, -0.15) is 11.8 Å². The summed E-state index contributed by atoms with van der Waals surface area (Å²) in [4.78, 5) is 2.55. The predicted molar refractivity (Wildman–Crippen MR) is 76.5 cm³/mol. The molecule has 1 fully saturated rings. The molecule has 2 nitrogen and oxygen atoms in total. The van der Waals surface area contributed by atoms with Gasteiger partial charge in [0.25, 0.3) is 0 Å². The number of hydrogen-bond acceptors (Lipinski definition) is 3. The van der Waals surface area contributed by atoms with E-state index in [1.165, 1.54) is 16.9 Å². The number of nitrogens with zero attached hydrogens (tertiary/aromatic N) is 1. The van der Waals surface area contributed by atoms with E-state index < -0.39 is 0 Å². The molecule has 1 heterocycles. The lowest BCUT2D eigenvalue weighted by Gasteiger charge is -2.37. The van der Waals surface area contributed by atoms with Crippen molar-refractivity contribution in [2.24, 2.45) is 5.73 Å². The van der Waals surface area contributed by atoms with Gasteiger partial charge in [0.2, 0.25) is 0 Å². The molecule has 0 spiro atoms. The zero-order valence-corrected chi connectivity index (χ0v) is 11.5. The first-order valence-electron chi connectivity index (χ1n) is 6.33. The summed E-state index contributed by atoms with van der Waals surface area (Å²) >= 11 is 2.07. The Hall–Kier alpha value is -0.510. The molecule has 1 aromatic rings. The molecule has 0 bridgehead atoms. The van der Waals surface area contributed by atoms with Crippen LogP contribution in [-0.4, -0.2) is 35.5 Å². The van der Waals surface area contributed by atoms with Crippen LogP contribution in [0.25, 0.3) is 0 Å². The van der Waals surface area contributed by atoms with Crippen LogP contribution in [0.2, 0.25) is 0 Å². The van der Waals surface area contributed by atoms with Gasteiger partial charge in [-0.25, -0.2) is 0 Å². The van der Waals surface area contributed by atoms with Crippen molar-refractivity contribution < 1.29 is 0 Å². The summed E-state index contributed by atoms with van der Waals surface area (Å²) in [5.41, 5.74) is 8.75. The Morgan fingerprint density at radius 1 is 1.47 bits per heavy atom. The van der Waals surface area contributed by atoms with Gasteiger partial charge in [-0.1, -0.05) is 31.2 Å². The maximum Gasteiger partial charge on any atom is 0.0473 e. The summed E-state index contributed by atoms with van der Waals surface area (Å²) in [6.07, 6.45) is 0. The molecule has 1 aliphatic rings. The van der Waals surface area contributed by atoms with E-state index in [9.17, 15) is 0 Å². The van der Waals surface area contributed by atoms with Crippen LogP contribution < -0.4 is 5.73 Å². The number of nitrogens with two attached hydrogens (primary N) is 1. The van der Waals surface area contributed by atoms with Gasteiger partial charge in [0.15, 0.2) is 0 Å². The first-order chi connectivity index (χ1) is 8.22. The molecule has 2 atom stereocenters. The highest BCUT2D eigenvalue weighted by Crippen LogP contribution is 2.28. The lowest BCUT2D eigenvalue weighted by Crippen LogP contribution is -2.42. The van der Waals surface area contributed by atoms with Crippen molar-refractivity contribution in [1.82, 2.24) is 4.90 Å². The van der Waals surface area contributed by atoms with Crippen molar-refractivity contribution in [1.29, 1.82) is 0 Å². The Kier molecular flexibility index (Phi) is 4.48. The molecule has 0 saturated carbocycles. The molecular formula is C14H22N2S. The summed E-state index contributed by atoms with van der Waals surface area (Å²) in [7, 11) is 0. The quantitative estimate of drug-likeness (QED) is 0.893. The molecule has 0 radical (unpaired) electrons. The third-order valence-corrected chi connectivity index (χ3v) is 4.62. The maximum absolute atomic E-state index is 6.00. The fourth-order valence-electron chi connectivity index (χ4n) is 2.56. The molecule has 1 aromatic carbocycles. The lowest BCUT2D eigenvalue weighted by molar-refractivity contribution is 0.210. The molecule has 2 rings (SSSR count). The first-order valence-corrected chi connectivity index (χ1v) is 7.38. The average Bonchev–Trinajstić information content (AvgIpc) is 2.33.